The summed E-state index contributed by atoms with van der Waals surface area (Å²) in [4.78, 5) is 16.8. The van der Waals surface area contributed by atoms with Crippen molar-refractivity contribution in [1.82, 2.24) is 5.32 Å². The lowest BCUT2D eigenvalue weighted by molar-refractivity contribution is 0.141. The minimum absolute atomic E-state index is 0.0976. The highest BCUT2D eigenvalue weighted by atomic mass is 31.2. The molecule has 5 N–H and O–H groups in total. The number of nitrogens with one attached hydrogen (secondary N) is 1. The Morgan fingerprint density at radius 3 is 1.95 bits per heavy atom. The Morgan fingerprint density at radius 2 is 1.43 bits per heavy atom. The van der Waals surface area contributed by atoms with E-state index in [1.807, 2.05) is 12.1 Å². The number of aliphatic imine (C=N–C) groups is 1. The molecule has 0 fully saturated rings. The molecule has 3 rings (SSSR count). The molecule has 1 unspecified atom stereocenters. The van der Waals surface area contributed by atoms with Gasteiger partial charge in [0.2, 0.25) is 0 Å². The number of unbranched alkanes of at least 4 members (excludes halogenated alkanes) is 3. The van der Waals surface area contributed by atoms with Crippen LogP contribution in [0.15, 0.2) is 89.9 Å². The van der Waals surface area contributed by atoms with Crippen molar-refractivity contribution in [3.05, 3.63) is 90.5 Å². The molecule has 0 saturated carbocycles. The van der Waals surface area contributed by atoms with E-state index < -0.39 is 19.5 Å². The number of benzene rings is 3. The third kappa shape index (κ3) is 8.88. The summed E-state index contributed by atoms with van der Waals surface area (Å²) in [5, 5.41) is 2.71. The lowest BCUT2D eigenvalue weighted by Gasteiger charge is -2.28. The van der Waals surface area contributed by atoms with Crippen molar-refractivity contribution in [3.8, 4) is 11.5 Å². The minimum atomic E-state index is -4.14. The number of carbonyl (C=O) groups excluding carboxylic acids is 1. The van der Waals surface area contributed by atoms with E-state index in [1.54, 1.807) is 72.8 Å². The van der Waals surface area contributed by atoms with Crippen LogP contribution in [-0.4, -0.2) is 18.7 Å². The van der Waals surface area contributed by atoms with Crippen LogP contribution in [0.4, 0.5) is 10.5 Å². The number of para-hydroxylation sites is 2. The fourth-order valence-corrected chi connectivity index (χ4v) is 5.33. The Morgan fingerprint density at radius 1 is 0.865 bits per heavy atom. The number of carbonyl (C=O) groups is 1. The maximum Gasteiger partial charge on any atom is 0.457 e. The molecule has 0 heterocycles. The second-order valence-corrected chi connectivity index (χ2v) is 10.2. The average molecular weight is 525 g/mol. The van der Waals surface area contributed by atoms with Crippen LogP contribution in [0.2, 0.25) is 0 Å². The number of nitrogens with zero attached hydrogens (tertiary/aromatic N) is 1. The van der Waals surface area contributed by atoms with E-state index >= 15 is 0 Å². The first-order valence-corrected chi connectivity index (χ1v) is 13.7. The maximum absolute atomic E-state index is 14.5. The molecule has 3 aromatic carbocycles. The SMILES string of the molecule is CCCCCCOC(=O)NC(c1ccc(N=C(N)N)cc1)P(=O)(Oc1ccccc1)Oc1ccccc1. The van der Waals surface area contributed by atoms with Gasteiger partial charge < -0.3 is 30.6 Å². The topological polar surface area (TPSA) is 138 Å². The Labute approximate surface area is 217 Å². The van der Waals surface area contributed by atoms with Crippen LogP contribution in [0.25, 0.3) is 0 Å². The number of nitrogens with two attached hydrogens (primary N) is 2. The monoisotopic (exact) mass is 524 g/mol. The number of hydrogen-bond acceptors (Lipinski definition) is 6. The quantitative estimate of drug-likeness (QED) is 0.104. The molecule has 37 heavy (non-hydrogen) atoms. The number of hydrogen-bond donors (Lipinski definition) is 3. The number of rotatable bonds is 13. The molecule has 1 atom stereocenters. The molecule has 0 bridgehead atoms. The first-order chi connectivity index (χ1) is 17.9. The molecule has 0 radical (unpaired) electrons. The summed E-state index contributed by atoms with van der Waals surface area (Å²) in [6, 6.07) is 23.8. The molecule has 0 aromatic heterocycles. The molecule has 0 saturated heterocycles. The van der Waals surface area contributed by atoms with Gasteiger partial charge in [-0.1, -0.05) is 74.7 Å². The van der Waals surface area contributed by atoms with Crippen LogP contribution in [0.3, 0.4) is 0 Å². The average Bonchev–Trinajstić information content (AvgIpc) is 2.88. The predicted molar refractivity (Wildman–Crippen MR) is 145 cm³/mol. The normalized spacial score (nSPS) is 11.7. The van der Waals surface area contributed by atoms with Gasteiger partial charge in [0.05, 0.1) is 12.3 Å². The number of alkyl carbamates (subject to hydrolysis) is 1. The van der Waals surface area contributed by atoms with Crippen molar-refractivity contribution >= 4 is 25.3 Å². The Hall–Kier alpha value is -3.97. The zero-order valence-corrected chi connectivity index (χ0v) is 21.7. The molecular formula is C27H33N4O5P. The number of amides is 1. The van der Waals surface area contributed by atoms with Gasteiger partial charge in [0.1, 0.15) is 11.5 Å². The summed E-state index contributed by atoms with van der Waals surface area (Å²) in [7, 11) is -4.14. The lowest BCUT2D eigenvalue weighted by Crippen LogP contribution is -2.31. The van der Waals surface area contributed by atoms with Crippen LogP contribution >= 0.6 is 7.60 Å². The second kappa shape index (κ2) is 13.9. The minimum Gasteiger partial charge on any atom is -0.450 e. The van der Waals surface area contributed by atoms with Gasteiger partial charge >= 0.3 is 13.7 Å². The summed E-state index contributed by atoms with van der Waals surface area (Å²) >= 11 is 0. The van der Waals surface area contributed by atoms with E-state index in [1.165, 1.54) is 0 Å². The third-order valence-corrected chi connectivity index (χ3v) is 7.21. The summed E-state index contributed by atoms with van der Waals surface area (Å²) in [5.41, 5.74) is 11.9. The molecule has 0 aliphatic heterocycles. The molecule has 9 nitrogen and oxygen atoms in total. The van der Waals surface area contributed by atoms with Crippen molar-refractivity contribution in [3.63, 3.8) is 0 Å². The number of guanidine groups is 1. The van der Waals surface area contributed by atoms with Gasteiger partial charge in [-0.2, -0.15) is 0 Å². The highest BCUT2D eigenvalue weighted by molar-refractivity contribution is 7.55. The standard InChI is InChI=1S/C27H33N4O5P/c1-2-3-4-11-20-34-27(32)31-25(21-16-18-22(19-17-21)30-26(28)29)37(33,35-23-12-7-5-8-13-23)36-24-14-9-6-10-15-24/h5-10,12-19,25H,2-4,11,20H2,1H3,(H,31,32)(H4,28,29,30). The van der Waals surface area contributed by atoms with Gasteiger partial charge in [-0.05, 0) is 48.4 Å². The van der Waals surface area contributed by atoms with Crippen LogP contribution < -0.4 is 25.8 Å². The molecule has 3 aromatic rings. The summed E-state index contributed by atoms with van der Waals surface area (Å²) in [6.45, 7) is 2.35. The van der Waals surface area contributed by atoms with E-state index in [0.29, 0.717) is 22.7 Å². The van der Waals surface area contributed by atoms with Gasteiger partial charge in [0.15, 0.2) is 11.7 Å². The van der Waals surface area contributed by atoms with Gasteiger partial charge in [0, 0.05) is 0 Å². The van der Waals surface area contributed by atoms with Gasteiger partial charge in [-0.3, -0.25) is 0 Å². The van der Waals surface area contributed by atoms with E-state index in [2.05, 4.69) is 17.2 Å². The number of ether oxygens (including phenoxy) is 1. The van der Waals surface area contributed by atoms with Gasteiger partial charge in [-0.15, -0.1) is 0 Å². The Kier molecular flexibility index (Phi) is 10.4. The van der Waals surface area contributed by atoms with Gasteiger partial charge in [0.25, 0.3) is 0 Å². The van der Waals surface area contributed by atoms with Crippen molar-refractivity contribution < 1.29 is 23.1 Å². The molecule has 10 heteroatoms. The van der Waals surface area contributed by atoms with Gasteiger partial charge in [-0.25, -0.2) is 14.4 Å². The van der Waals surface area contributed by atoms with E-state index in [4.69, 9.17) is 25.3 Å². The van der Waals surface area contributed by atoms with Crippen molar-refractivity contribution in [1.29, 1.82) is 0 Å². The van der Waals surface area contributed by atoms with Crippen molar-refractivity contribution in [2.24, 2.45) is 16.5 Å². The smallest absolute Gasteiger partial charge is 0.450 e. The molecule has 0 aliphatic carbocycles. The van der Waals surface area contributed by atoms with Crippen LogP contribution in [0, 0.1) is 0 Å². The lowest BCUT2D eigenvalue weighted by atomic mass is 10.2. The van der Waals surface area contributed by atoms with E-state index in [9.17, 15) is 9.36 Å². The zero-order chi connectivity index (χ0) is 26.5. The van der Waals surface area contributed by atoms with Crippen molar-refractivity contribution in [2.45, 2.75) is 38.4 Å². The highest BCUT2D eigenvalue weighted by Crippen LogP contribution is 2.59. The Balaban J connectivity index is 1.95. The van der Waals surface area contributed by atoms with Crippen molar-refractivity contribution in [2.75, 3.05) is 6.61 Å². The highest BCUT2D eigenvalue weighted by Gasteiger charge is 2.42. The molecule has 0 spiro atoms. The fourth-order valence-electron chi connectivity index (χ4n) is 3.45. The summed E-state index contributed by atoms with van der Waals surface area (Å²) in [6.07, 6.45) is 3.08. The summed E-state index contributed by atoms with van der Waals surface area (Å²) in [5.74, 6) is -0.666. The van der Waals surface area contributed by atoms with Crippen LogP contribution in [-0.2, 0) is 9.30 Å². The molecule has 0 aliphatic rings. The van der Waals surface area contributed by atoms with E-state index in [0.717, 1.165) is 25.7 Å². The van der Waals surface area contributed by atoms with Crippen LogP contribution in [0.5, 0.6) is 11.5 Å². The maximum atomic E-state index is 14.5. The predicted octanol–water partition coefficient (Wildman–Crippen LogP) is 6.25. The summed E-state index contributed by atoms with van der Waals surface area (Å²) < 4.78 is 31.8. The third-order valence-electron chi connectivity index (χ3n) is 5.22. The molecular weight excluding hydrogens is 491 g/mol. The molecule has 196 valence electrons. The first-order valence-electron chi connectivity index (χ1n) is 12.1. The first kappa shape index (κ1) is 27.6. The molecule has 1 amide bonds. The Bertz CT molecular complexity index is 1140. The van der Waals surface area contributed by atoms with E-state index in [-0.39, 0.29) is 12.6 Å². The van der Waals surface area contributed by atoms with Crippen LogP contribution in [0.1, 0.15) is 44.0 Å². The second-order valence-electron chi connectivity index (χ2n) is 8.22. The zero-order valence-electron chi connectivity index (χ0n) is 20.8. The fraction of sp³-hybridized carbons (Fsp3) is 0.259. The largest absolute Gasteiger partial charge is 0.457 e.